The molecule has 0 aromatic heterocycles. The number of hydrogen-bond acceptors (Lipinski definition) is 5. The zero-order valence-electron chi connectivity index (χ0n) is 18.5. The summed E-state index contributed by atoms with van der Waals surface area (Å²) >= 11 is 0. The fourth-order valence-electron chi connectivity index (χ4n) is 4.26. The van der Waals surface area contributed by atoms with Gasteiger partial charge in [-0.2, -0.15) is 0 Å². The lowest BCUT2D eigenvalue weighted by atomic mass is 9.92. The lowest BCUT2D eigenvalue weighted by Gasteiger charge is -2.30. The molecule has 32 heavy (non-hydrogen) atoms. The van der Waals surface area contributed by atoms with Gasteiger partial charge in [-0.3, -0.25) is 4.79 Å². The van der Waals surface area contributed by atoms with Crippen LogP contribution in [0.1, 0.15) is 54.7 Å². The largest absolute Gasteiger partial charge is 0.497 e. The SMILES string of the molecule is COc1ccc([C@@H]2C=C(C(=O)NC3CCCC3)O[C@H](OCc3ccc(CO)cc3)C2)cc1. The molecule has 2 aliphatic rings. The van der Waals surface area contributed by atoms with Crippen LogP contribution in [-0.4, -0.2) is 30.5 Å². The minimum Gasteiger partial charge on any atom is -0.497 e. The first kappa shape index (κ1) is 22.4. The van der Waals surface area contributed by atoms with Crippen molar-refractivity contribution >= 4 is 5.91 Å². The number of hydrogen-bond donors (Lipinski definition) is 2. The van der Waals surface area contributed by atoms with E-state index in [-0.39, 0.29) is 24.5 Å². The zero-order valence-corrected chi connectivity index (χ0v) is 18.5. The van der Waals surface area contributed by atoms with Crippen LogP contribution in [-0.2, 0) is 27.5 Å². The molecule has 2 N–H and O–H groups in total. The van der Waals surface area contributed by atoms with E-state index in [1.54, 1.807) is 7.11 Å². The smallest absolute Gasteiger partial charge is 0.286 e. The van der Waals surface area contributed by atoms with E-state index in [0.29, 0.717) is 18.8 Å². The van der Waals surface area contributed by atoms with Crippen LogP contribution in [0.15, 0.2) is 60.4 Å². The maximum atomic E-state index is 12.9. The van der Waals surface area contributed by atoms with Crippen molar-refractivity contribution in [3.63, 3.8) is 0 Å². The molecule has 2 aromatic carbocycles. The Bertz CT molecular complexity index is 916. The molecule has 1 aliphatic carbocycles. The summed E-state index contributed by atoms with van der Waals surface area (Å²) in [5.41, 5.74) is 2.93. The van der Waals surface area contributed by atoms with Gasteiger partial charge in [0.1, 0.15) is 5.75 Å². The Morgan fingerprint density at radius 1 is 1.06 bits per heavy atom. The van der Waals surface area contributed by atoms with E-state index in [4.69, 9.17) is 14.2 Å². The molecule has 1 aliphatic heterocycles. The summed E-state index contributed by atoms with van der Waals surface area (Å²) in [5.74, 6) is 0.949. The molecular formula is C26H31NO5. The van der Waals surface area contributed by atoms with E-state index in [2.05, 4.69) is 5.32 Å². The summed E-state index contributed by atoms with van der Waals surface area (Å²) in [7, 11) is 1.64. The third kappa shape index (κ3) is 5.69. The van der Waals surface area contributed by atoms with Crippen LogP contribution in [0.25, 0.3) is 0 Å². The van der Waals surface area contributed by atoms with Crippen molar-refractivity contribution in [1.82, 2.24) is 5.32 Å². The summed E-state index contributed by atoms with van der Waals surface area (Å²) < 4.78 is 17.3. The Morgan fingerprint density at radius 2 is 1.75 bits per heavy atom. The van der Waals surface area contributed by atoms with Gasteiger partial charge >= 0.3 is 0 Å². The Hall–Kier alpha value is -2.83. The molecule has 1 fully saturated rings. The van der Waals surface area contributed by atoms with Crippen molar-refractivity contribution in [1.29, 1.82) is 0 Å². The number of rotatable bonds is 8. The second kappa shape index (κ2) is 10.7. The number of allylic oxidation sites excluding steroid dienone is 1. The van der Waals surface area contributed by atoms with Crippen molar-refractivity contribution in [3.05, 3.63) is 77.1 Å². The Morgan fingerprint density at radius 3 is 2.41 bits per heavy atom. The monoisotopic (exact) mass is 437 g/mol. The second-order valence-electron chi connectivity index (χ2n) is 8.43. The van der Waals surface area contributed by atoms with E-state index in [9.17, 15) is 9.90 Å². The van der Waals surface area contributed by atoms with E-state index in [0.717, 1.165) is 48.1 Å². The quantitative estimate of drug-likeness (QED) is 0.648. The molecule has 0 radical (unpaired) electrons. The van der Waals surface area contributed by atoms with Gasteiger partial charge in [0, 0.05) is 18.4 Å². The number of ether oxygens (including phenoxy) is 3. The number of benzene rings is 2. The molecule has 1 heterocycles. The third-order valence-corrected chi connectivity index (χ3v) is 6.16. The zero-order chi connectivity index (χ0) is 22.3. The average molecular weight is 438 g/mol. The normalized spacial score (nSPS) is 21.0. The molecule has 0 unspecified atom stereocenters. The van der Waals surface area contributed by atoms with Gasteiger partial charge in [-0.25, -0.2) is 0 Å². The predicted octanol–water partition coefficient (Wildman–Crippen LogP) is 4.18. The van der Waals surface area contributed by atoms with Crippen molar-refractivity contribution in [2.75, 3.05) is 7.11 Å². The lowest BCUT2D eigenvalue weighted by Crippen LogP contribution is -2.37. The van der Waals surface area contributed by atoms with Gasteiger partial charge in [0.05, 0.1) is 20.3 Å². The summed E-state index contributed by atoms with van der Waals surface area (Å²) in [4.78, 5) is 12.9. The van der Waals surface area contributed by atoms with E-state index < -0.39 is 6.29 Å². The number of aliphatic hydroxyl groups excluding tert-OH is 1. The second-order valence-corrected chi connectivity index (χ2v) is 8.43. The number of amides is 1. The molecular weight excluding hydrogens is 406 g/mol. The molecule has 0 saturated heterocycles. The van der Waals surface area contributed by atoms with Crippen LogP contribution < -0.4 is 10.1 Å². The Balaban J connectivity index is 1.47. The first-order valence-corrected chi connectivity index (χ1v) is 11.3. The summed E-state index contributed by atoms with van der Waals surface area (Å²) in [5, 5.41) is 12.3. The average Bonchev–Trinajstić information content (AvgIpc) is 3.36. The fourth-order valence-corrected chi connectivity index (χ4v) is 4.26. The van der Waals surface area contributed by atoms with Gasteiger partial charge in [0.15, 0.2) is 5.76 Å². The molecule has 6 nitrogen and oxygen atoms in total. The van der Waals surface area contributed by atoms with E-state index in [1.807, 2.05) is 54.6 Å². The summed E-state index contributed by atoms with van der Waals surface area (Å²) in [6, 6.07) is 15.7. The first-order chi connectivity index (χ1) is 15.6. The number of methoxy groups -OCH3 is 1. The van der Waals surface area contributed by atoms with Crippen LogP contribution >= 0.6 is 0 Å². The van der Waals surface area contributed by atoms with Crippen LogP contribution in [0.5, 0.6) is 5.75 Å². The highest BCUT2D eigenvalue weighted by Gasteiger charge is 2.30. The van der Waals surface area contributed by atoms with Crippen LogP contribution in [0.2, 0.25) is 0 Å². The van der Waals surface area contributed by atoms with E-state index in [1.165, 1.54) is 0 Å². The maximum Gasteiger partial charge on any atom is 0.286 e. The van der Waals surface area contributed by atoms with Crippen LogP contribution in [0, 0.1) is 0 Å². The van der Waals surface area contributed by atoms with E-state index >= 15 is 0 Å². The number of carbonyl (C=O) groups excluding carboxylic acids is 1. The summed E-state index contributed by atoms with van der Waals surface area (Å²) in [6.07, 6.45) is 6.33. The highest BCUT2D eigenvalue weighted by atomic mass is 16.7. The van der Waals surface area contributed by atoms with Crippen LogP contribution in [0.4, 0.5) is 0 Å². The molecule has 1 saturated carbocycles. The van der Waals surface area contributed by atoms with Crippen LogP contribution in [0.3, 0.4) is 0 Å². The van der Waals surface area contributed by atoms with Gasteiger partial charge in [-0.05, 0) is 47.7 Å². The molecule has 0 bridgehead atoms. The number of carbonyl (C=O) groups is 1. The van der Waals surface area contributed by atoms with Crippen molar-refractivity contribution < 1.29 is 24.1 Å². The first-order valence-electron chi connectivity index (χ1n) is 11.3. The molecule has 1 amide bonds. The number of nitrogens with one attached hydrogen (secondary N) is 1. The molecule has 2 atom stereocenters. The van der Waals surface area contributed by atoms with Gasteiger partial charge in [0.25, 0.3) is 5.91 Å². The van der Waals surface area contributed by atoms with Gasteiger partial charge < -0.3 is 24.6 Å². The number of aliphatic hydroxyl groups is 1. The molecule has 6 heteroatoms. The molecule has 2 aromatic rings. The standard InChI is InChI=1S/C26H31NO5/c1-30-23-12-10-20(11-13-23)21-14-24(26(29)27-22-4-2-3-5-22)32-25(15-21)31-17-19-8-6-18(16-28)7-9-19/h6-14,21-22,25,28H,2-5,15-17H2,1H3,(H,27,29)/t21-,25+/m1/s1. The van der Waals surface area contributed by atoms with Gasteiger partial charge in [-0.1, -0.05) is 49.2 Å². The molecule has 170 valence electrons. The lowest BCUT2D eigenvalue weighted by molar-refractivity contribution is -0.150. The molecule has 0 spiro atoms. The Kier molecular flexibility index (Phi) is 7.45. The van der Waals surface area contributed by atoms with Gasteiger partial charge in [0.2, 0.25) is 6.29 Å². The third-order valence-electron chi connectivity index (χ3n) is 6.16. The highest BCUT2D eigenvalue weighted by molar-refractivity contribution is 5.92. The minimum atomic E-state index is -0.533. The minimum absolute atomic E-state index is 0.000694. The highest BCUT2D eigenvalue weighted by Crippen LogP contribution is 2.33. The maximum absolute atomic E-state index is 12.9. The molecule has 4 rings (SSSR count). The summed E-state index contributed by atoms with van der Waals surface area (Å²) in [6.45, 7) is 0.379. The topological polar surface area (TPSA) is 77.0 Å². The van der Waals surface area contributed by atoms with Crippen molar-refractivity contribution in [2.24, 2.45) is 0 Å². The van der Waals surface area contributed by atoms with Crippen molar-refractivity contribution in [2.45, 2.75) is 63.6 Å². The van der Waals surface area contributed by atoms with Gasteiger partial charge in [-0.15, -0.1) is 0 Å². The van der Waals surface area contributed by atoms with Crippen molar-refractivity contribution in [3.8, 4) is 5.75 Å². The fraction of sp³-hybridized carbons (Fsp3) is 0.423. The Labute approximate surface area is 189 Å². The predicted molar refractivity (Wildman–Crippen MR) is 121 cm³/mol.